The van der Waals surface area contributed by atoms with Crippen molar-refractivity contribution in [3.05, 3.63) is 36.0 Å². The van der Waals surface area contributed by atoms with E-state index in [1.165, 1.54) is 0 Å². The standard InChI is InChI=1S/C43H67NO10/c1-10-11-13-28-14-12-15-36(54-38-19-18-35(44(5)6)25(3)50-38)24(2)39(46)34-22-32-30(33(34)23-37(45)52-28)17-16-27-20-29(21-31(27)32)53-43-42(49-9)41(48-8)40(47-7)26(4)51-43/h11,13,16-17,22,24-33,35-36,38,40-43H,10,12,14-15,18-21,23H2,1-9H3. The number of esters is 1. The van der Waals surface area contributed by atoms with Gasteiger partial charge in [0.25, 0.3) is 0 Å². The molecule has 54 heavy (non-hydrogen) atoms. The number of carbonyl (C=O) groups is 2. The molecule has 3 aliphatic heterocycles. The van der Waals surface area contributed by atoms with Crippen molar-refractivity contribution in [2.75, 3.05) is 35.4 Å². The van der Waals surface area contributed by atoms with Crippen molar-refractivity contribution in [1.29, 1.82) is 0 Å². The van der Waals surface area contributed by atoms with Gasteiger partial charge < -0.3 is 42.8 Å². The number of methoxy groups -OCH3 is 3. The summed E-state index contributed by atoms with van der Waals surface area (Å²) in [6.07, 6.45) is 14.6. The first-order valence-corrected chi connectivity index (χ1v) is 20.6. The maximum absolute atomic E-state index is 14.7. The summed E-state index contributed by atoms with van der Waals surface area (Å²) >= 11 is 0. The molecule has 0 aromatic rings. The van der Waals surface area contributed by atoms with Crippen molar-refractivity contribution >= 4 is 11.8 Å². The second kappa shape index (κ2) is 18.5. The number of allylic oxidation sites excluding steroid dienone is 5. The Kier molecular flexibility index (Phi) is 14.3. The lowest BCUT2D eigenvalue weighted by atomic mass is 9.70. The fourth-order valence-corrected chi connectivity index (χ4v) is 10.5. The van der Waals surface area contributed by atoms with Crippen LogP contribution in [0.4, 0.5) is 0 Å². The number of ether oxygens (including phenoxy) is 8. The number of hydrogen-bond acceptors (Lipinski definition) is 11. The Morgan fingerprint density at radius 1 is 0.852 bits per heavy atom. The topological polar surface area (TPSA) is 111 Å². The van der Waals surface area contributed by atoms with Gasteiger partial charge in [0.2, 0.25) is 0 Å². The fourth-order valence-electron chi connectivity index (χ4n) is 10.5. The molecule has 4 fully saturated rings. The second-order valence-corrected chi connectivity index (χ2v) is 16.8. The third-order valence-electron chi connectivity index (χ3n) is 13.3. The summed E-state index contributed by atoms with van der Waals surface area (Å²) in [4.78, 5) is 30.6. The smallest absolute Gasteiger partial charge is 0.307 e. The van der Waals surface area contributed by atoms with Crippen LogP contribution in [0.2, 0.25) is 0 Å². The third-order valence-corrected chi connectivity index (χ3v) is 13.3. The molecule has 304 valence electrons. The Bertz CT molecular complexity index is 1370. The molecule has 6 rings (SSSR count). The maximum atomic E-state index is 14.7. The highest BCUT2D eigenvalue weighted by atomic mass is 16.7. The molecule has 6 aliphatic rings. The highest BCUT2D eigenvalue weighted by Crippen LogP contribution is 2.54. The number of likely N-dealkylation sites (N-methyl/N-ethyl adjacent to an activating group) is 1. The minimum atomic E-state index is -0.600. The number of fused-ring (bicyclic) bond motifs is 5. The first-order valence-electron chi connectivity index (χ1n) is 20.6. The largest absolute Gasteiger partial charge is 0.458 e. The minimum absolute atomic E-state index is 0.0270. The number of cyclic esters (lactones) is 1. The molecule has 3 saturated heterocycles. The molecule has 0 radical (unpaired) electrons. The zero-order valence-corrected chi connectivity index (χ0v) is 34.1. The molecule has 17 atom stereocenters. The second-order valence-electron chi connectivity index (χ2n) is 16.8. The molecular weight excluding hydrogens is 690 g/mol. The molecule has 0 amide bonds. The first kappa shape index (κ1) is 41.7. The highest BCUT2D eigenvalue weighted by Gasteiger charge is 2.52. The van der Waals surface area contributed by atoms with Gasteiger partial charge in [0, 0.05) is 39.2 Å². The summed E-state index contributed by atoms with van der Waals surface area (Å²) in [6.45, 7) is 8.17. The van der Waals surface area contributed by atoms with Crippen LogP contribution in [0.1, 0.15) is 85.5 Å². The number of rotatable bonds is 10. The Labute approximate surface area is 323 Å². The normalized spacial score (nSPS) is 44.6. The van der Waals surface area contributed by atoms with Crippen LogP contribution in [0, 0.1) is 35.5 Å². The number of ketones is 1. The minimum Gasteiger partial charge on any atom is -0.458 e. The van der Waals surface area contributed by atoms with E-state index < -0.39 is 12.4 Å². The Morgan fingerprint density at radius 2 is 1.61 bits per heavy atom. The van der Waals surface area contributed by atoms with E-state index in [9.17, 15) is 9.59 Å². The van der Waals surface area contributed by atoms with Crippen LogP contribution in [-0.4, -0.2) is 120 Å². The average Bonchev–Trinajstić information content (AvgIpc) is 3.72. The molecule has 0 spiro atoms. The van der Waals surface area contributed by atoms with Crippen molar-refractivity contribution in [2.24, 2.45) is 35.5 Å². The van der Waals surface area contributed by atoms with E-state index in [1.54, 1.807) is 21.3 Å². The lowest BCUT2D eigenvalue weighted by molar-refractivity contribution is -0.314. The number of Topliss-reactive ketones (excluding diaryl/α,β-unsaturated/α-hetero) is 1. The van der Waals surface area contributed by atoms with Gasteiger partial charge in [0.05, 0.1) is 30.8 Å². The predicted molar refractivity (Wildman–Crippen MR) is 203 cm³/mol. The van der Waals surface area contributed by atoms with E-state index in [4.69, 9.17) is 37.9 Å². The molecule has 11 nitrogen and oxygen atoms in total. The summed E-state index contributed by atoms with van der Waals surface area (Å²) in [5, 5.41) is 0. The van der Waals surface area contributed by atoms with Gasteiger partial charge in [-0.2, -0.15) is 0 Å². The summed E-state index contributed by atoms with van der Waals surface area (Å²) in [5.41, 5.74) is 0.752. The molecular formula is C43H67NO10. The van der Waals surface area contributed by atoms with Crippen LogP contribution in [0.15, 0.2) is 36.0 Å². The van der Waals surface area contributed by atoms with Crippen LogP contribution in [-0.2, 0) is 47.5 Å². The van der Waals surface area contributed by atoms with E-state index >= 15 is 0 Å². The van der Waals surface area contributed by atoms with Crippen LogP contribution in [0.3, 0.4) is 0 Å². The zero-order chi connectivity index (χ0) is 38.7. The van der Waals surface area contributed by atoms with E-state index in [-0.39, 0.29) is 103 Å². The van der Waals surface area contributed by atoms with Gasteiger partial charge in [-0.15, -0.1) is 0 Å². The van der Waals surface area contributed by atoms with Crippen molar-refractivity contribution < 1.29 is 47.5 Å². The molecule has 0 bridgehead atoms. The summed E-state index contributed by atoms with van der Waals surface area (Å²) < 4.78 is 49.7. The zero-order valence-electron chi connectivity index (χ0n) is 34.1. The molecule has 1 saturated carbocycles. The molecule has 0 N–H and O–H groups in total. The van der Waals surface area contributed by atoms with Crippen molar-refractivity contribution in [3.8, 4) is 0 Å². The monoisotopic (exact) mass is 757 g/mol. The average molecular weight is 758 g/mol. The van der Waals surface area contributed by atoms with E-state index in [2.05, 4.69) is 57.1 Å². The van der Waals surface area contributed by atoms with Gasteiger partial charge in [-0.3, -0.25) is 9.59 Å². The van der Waals surface area contributed by atoms with Crippen LogP contribution in [0.25, 0.3) is 0 Å². The quantitative estimate of drug-likeness (QED) is 0.192. The lowest BCUT2D eigenvalue weighted by Gasteiger charge is -2.44. The van der Waals surface area contributed by atoms with Gasteiger partial charge in [0.1, 0.15) is 24.4 Å². The van der Waals surface area contributed by atoms with E-state index in [1.807, 2.05) is 19.9 Å². The van der Waals surface area contributed by atoms with Crippen LogP contribution >= 0.6 is 0 Å². The van der Waals surface area contributed by atoms with Crippen LogP contribution in [0.5, 0.6) is 0 Å². The Hall–Kier alpha value is -1.96. The SMILES string of the molecule is CCC=CC1CCCC(OC2CCC(N(C)C)C(C)O2)C(C)C(=O)C2=CC3C(C=CC4CC(OC5OC(C)C(OC)C(OC)C5OC)CC43)C2CC(=O)O1. The van der Waals surface area contributed by atoms with Gasteiger partial charge >= 0.3 is 5.97 Å². The Morgan fingerprint density at radius 3 is 2.30 bits per heavy atom. The van der Waals surface area contributed by atoms with Gasteiger partial charge in [-0.1, -0.05) is 38.2 Å². The lowest BCUT2D eigenvalue weighted by Crippen LogP contribution is -2.59. The summed E-state index contributed by atoms with van der Waals surface area (Å²) in [7, 11) is 9.15. The maximum Gasteiger partial charge on any atom is 0.307 e. The van der Waals surface area contributed by atoms with E-state index in [0.29, 0.717) is 18.9 Å². The summed E-state index contributed by atoms with van der Waals surface area (Å²) in [6, 6.07) is 0.330. The number of nitrogens with zero attached hydrogens (tertiary/aromatic N) is 1. The molecule has 0 aromatic carbocycles. The van der Waals surface area contributed by atoms with Gasteiger partial charge in [0.15, 0.2) is 18.4 Å². The first-order chi connectivity index (χ1) is 26.0. The number of hydrogen-bond donors (Lipinski definition) is 0. The third kappa shape index (κ3) is 8.94. The van der Waals surface area contributed by atoms with Crippen LogP contribution < -0.4 is 0 Å². The molecule has 0 aromatic heterocycles. The van der Waals surface area contributed by atoms with Gasteiger partial charge in [-0.05, 0) is 115 Å². The molecule has 3 aliphatic carbocycles. The number of carbonyl (C=O) groups excluding carboxylic acids is 2. The Balaban J connectivity index is 1.22. The fraction of sp³-hybridized carbons (Fsp3) is 0.814. The van der Waals surface area contributed by atoms with Crippen molar-refractivity contribution in [1.82, 2.24) is 4.90 Å². The van der Waals surface area contributed by atoms with E-state index in [0.717, 1.165) is 44.1 Å². The molecule has 3 heterocycles. The van der Waals surface area contributed by atoms with Crippen molar-refractivity contribution in [2.45, 2.75) is 153 Å². The van der Waals surface area contributed by atoms with Gasteiger partial charge in [-0.25, -0.2) is 0 Å². The highest BCUT2D eigenvalue weighted by molar-refractivity contribution is 5.99. The molecule has 17 unspecified atom stereocenters. The summed E-state index contributed by atoms with van der Waals surface area (Å²) in [5.74, 6) is -0.122. The molecule has 11 heteroatoms. The van der Waals surface area contributed by atoms with Crippen molar-refractivity contribution in [3.63, 3.8) is 0 Å². The predicted octanol–water partition coefficient (Wildman–Crippen LogP) is 6.04.